The molecule has 8 aliphatic rings. The van der Waals surface area contributed by atoms with E-state index in [9.17, 15) is 28.0 Å². The minimum atomic E-state index is -2.56. The number of H-pyrrole nitrogens is 4. The van der Waals surface area contributed by atoms with E-state index in [0.717, 1.165) is 233 Å². The van der Waals surface area contributed by atoms with E-state index in [0.29, 0.717) is 70.5 Å². The van der Waals surface area contributed by atoms with Gasteiger partial charge in [-0.15, -0.1) is 0 Å². The van der Waals surface area contributed by atoms with Gasteiger partial charge in [-0.3, -0.25) is 64.4 Å². The van der Waals surface area contributed by atoms with Gasteiger partial charge in [-0.1, -0.05) is 24.3 Å². The first-order valence-electron chi connectivity index (χ1n) is 47.4. The maximum Gasteiger partial charge on any atom is 0.276 e. The molecule has 0 saturated carbocycles. The van der Waals surface area contributed by atoms with Crippen LogP contribution in [0.15, 0.2) is 220 Å². The number of rotatable bonds is 21. The molecule has 0 aliphatic carbocycles. The highest BCUT2D eigenvalue weighted by molar-refractivity contribution is 6.15. The molecule has 700 valence electrons. The number of hydrogen-bond acceptors (Lipinski definition) is 25. The molecule has 8 saturated heterocycles. The largest absolute Gasteiger partial charge is 0.378 e. The van der Waals surface area contributed by atoms with Crippen LogP contribution in [-0.2, 0) is 11.3 Å². The third kappa shape index (κ3) is 20.1. The summed E-state index contributed by atoms with van der Waals surface area (Å²) in [6.07, 6.45) is 32.3. The second kappa shape index (κ2) is 40.0. The van der Waals surface area contributed by atoms with Crippen LogP contribution in [0.25, 0.3) is 88.1 Å². The first-order valence-corrected chi connectivity index (χ1v) is 47.4. The van der Waals surface area contributed by atoms with E-state index in [4.69, 9.17) is 4.74 Å². The number of aromatic nitrogens is 16. The van der Waals surface area contributed by atoms with E-state index in [1.165, 1.54) is 57.8 Å². The van der Waals surface area contributed by atoms with Gasteiger partial charge in [0.05, 0.1) is 118 Å². The summed E-state index contributed by atoms with van der Waals surface area (Å²) >= 11 is 0. The summed E-state index contributed by atoms with van der Waals surface area (Å²) in [5.41, 5.74) is 19.3. The summed E-state index contributed by atoms with van der Waals surface area (Å²) in [6.45, 7) is 17.0. The Kier molecular flexibility index (Phi) is 25.8. The van der Waals surface area contributed by atoms with Gasteiger partial charge in [0.2, 0.25) is 0 Å². The van der Waals surface area contributed by atoms with Gasteiger partial charge in [-0.25, -0.2) is 28.7 Å². The summed E-state index contributed by atoms with van der Waals surface area (Å²) in [7, 11) is 0. The number of ether oxygens (including phenoxy) is 1. The predicted octanol–water partition coefficient (Wildman–Crippen LogP) is 16.6. The molecule has 35 heteroatoms. The van der Waals surface area contributed by atoms with Crippen molar-refractivity contribution in [2.45, 2.75) is 83.1 Å². The second-order valence-electron chi connectivity index (χ2n) is 36.0. The smallest absolute Gasteiger partial charge is 0.276 e. The lowest BCUT2D eigenvalue weighted by atomic mass is 10.0. The highest BCUT2D eigenvalue weighted by Crippen LogP contribution is 2.37. The zero-order valence-electron chi connectivity index (χ0n) is 76.2. The molecule has 0 bridgehead atoms. The number of carbonyl (C=O) groups excluding carboxylic acids is 4. The number of fused-ring (bicyclic) bond motifs is 4. The number of aromatic amines is 4. The van der Waals surface area contributed by atoms with Crippen molar-refractivity contribution < 1.29 is 32.7 Å². The highest BCUT2D eigenvalue weighted by atomic mass is 19.3. The van der Waals surface area contributed by atoms with Crippen LogP contribution in [0, 0.1) is 0 Å². The average molecular weight is 1850 g/mol. The molecule has 0 unspecified atom stereocenters. The molecule has 4 aromatic carbocycles. The molecule has 12 aromatic heterocycles. The fourth-order valence-corrected chi connectivity index (χ4v) is 18.3. The molecule has 0 atom stereocenters. The van der Waals surface area contributed by atoms with Crippen molar-refractivity contribution in [3.63, 3.8) is 0 Å². The van der Waals surface area contributed by atoms with Crippen LogP contribution in [0.1, 0.15) is 118 Å². The second-order valence-corrected chi connectivity index (χ2v) is 36.0. The summed E-state index contributed by atoms with van der Waals surface area (Å²) in [6, 6.07) is 47.4. The van der Waals surface area contributed by atoms with Gasteiger partial charge in [-0.05, 0) is 207 Å². The molecule has 8 N–H and O–H groups in total. The third-order valence-electron chi connectivity index (χ3n) is 26.7. The number of piperidine rings is 2. The number of halogens is 2. The Bertz CT molecular complexity index is 6850. The Morgan fingerprint density at radius 1 is 0.297 bits per heavy atom. The van der Waals surface area contributed by atoms with Crippen molar-refractivity contribution in [2.75, 3.05) is 173 Å². The van der Waals surface area contributed by atoms with Crippen LogP contribution in [0.3, 0.4) is 0 Å². The predicted molar refractivity (Wildman–Crippen MR) is 533 cm³/mol. The number of pyridine rings is 8. The van der Waals surface area contributed by atoms with Gasteiger partial charge in [0.15, 0.2) is 22.8 Å². The lowest BCUT2D eigenvalue weighted by Gasteiger charge is -2.31. The molecule has 24 rings (SSSR count). The number of hydrogen-bond donors (Lipinski definition) is 8. The minimum absolute atomic E-state index is 0.110. The summed E-state index contributed by atoms with van der Waals surface area (Å²) in [5.74, 6) is 0.0497. The molecule has 20 heterocycles. The number of alkyl halides is 2. The van der Waals surface area contributed by atoms with Crippen molar-refractivity contribution in [1.29, 1.82) is 0 Å². The minimum Gasteiger partial charge on any atom is -0.378 e. The van der Waals surface area contributed by atoms with Crippen LogP contribution >= 0.6 is 0 Å². The topological polar surface area (TPSA) is 369 Å². The van der Waals surface area contributed by atoms with E-state index in [1.807, 2.05) is 169 Å². The van der Waals surface area contributed by atoms with Crippen molar-refractivity contribution in [3.8, 4) is 44.5 Å². The number of nitrogens with one attached hydrogen (secondary N) is 8. The fraction of sp³-hybridized carbons (Fsp3) is 0.301. The SMILES string of the molecule is O=C(Nc1ccc(N2CCC2)nc1)c1n[nH]c2ccc(-c3cncc(CN4CCC(F)(F)CC4)c3)cc12.O=C(Nc1ccc(N2CCC2)nc1)c1n[nH]c2ccc(-c3cncc(N4CCCC4)c3)cc12.O=C(Nc1ccc(N2CCC2)nc1)c1n[nH]c2ccc(-c3cncc(N4CCCCC4)c3)cc12.O=C(Nc1ccc(N2CCC2)nc1)c1n[nH]c2ccc(-c3cncc(N4CCOCC4)c3)cc12. The van der Waals surface area contributed by atoms with Gasteiger partial charge in [-0.2, -0.15) is 20.4 Å². The number of carbonyl (C=O) groups is 4. The van der Waals surface area contributed by atoms with E-state index in [1.54, 1.807) is 37.2 Å². The summed E-state index contributed by atoms with van der Waals surface area (Å²) in [5, 5.41) is 43.6. The van der Waals surface area contributed by atoms with Crippen molar-refractivity contribution >= 4 is 130 Å². The van der Waals surface area contributed by atoms with Gasteiger partial charge >= 0.3 is 0 Å². The van der Waals surface area contributed by atoms with Gasteiger partial charge < -0.3 is 60.3 Å². The van der Waals surface area contributed by atoms with Crippen LogP contribution in [0.2, 0.25) is 0 Å². The Labute approximate surface area is 793 Å². The first kappa shape index (κ1) is 88.8. The quantitative estimate of drug-likeness (QED) is 0.0331. The number of anilines is 11. The molecule has 0 radical (unpaired) electrons. The Morgan fingerprint density at radius 3 is 0.884 bits per heavy atom. The zero-order chi connectivity index (χ0) is 93.4. The first-order chi connectivity index (χ1) is 67.7. The van der Waals surface area contributed by atoms with Gasteiger partial charge in [0.1, 0.15) is 23.3 Å². The number of benzene rings is 4. The summed E-state index contributed by atoms with van der Waals surface area (Å²) in [4.78, 5) is 106. The molecule has 4 amide bonds. The molecule has 0 spiro atoms. The highest BCUT2D eigenvalue weighted by Gasteiger charge is 2.35. The Morgan fingerprint density at radius 2 is 0.587 bits per heavy atom. The Hall–Kier alpha value is -15.8. The van der Waals surface area contributed by atoms with Crippen LogP contribution < -0.4 is 55.6 Å². The normalized spacial score (nSPS) is 16.3. The van der Waals surface area contributed by atoms with Gasteiger partial charge in [0, 0.05) is 199 Å². The maximum atomic E-state index is 13.5. The van der Waals surface area contributed by atoms with Crippen molar-refractivity contribution in [2.24, 2.45) is 0 Å². The van der Waals surface area contributed by atoms with Crippen molar-refractivity contribution in [3.05, 3.63) is 248 Å². The molecule has 33 nitrogen and oxygen atoms in total. The van der Waals surface area contributed by atoms with E-state index in [-0.39, 0.29) is 36.5 Å². The monoisotopic (exact) mass is 1850 g/mol. The molecular weight excluding hydrogens is 1750 g/mol. The number of amides is 4. The number of likely N-dealkylation sites (tertiary alicyclic amines) is 1. The molecule has 8 aliphatic heterocycles. The van der Waals surface area contributed by atoms with Crippen molar-refractivity contribution in [1.82, 2.24) is 85.6 Å². The fourth-order valence-electron chi connectivity index (χ4n) is 18.3. The lowest BCUT2D eigenvalue weighted by molar-refractivity contribution is -0.0566. The van der Waals surface area contributed by atoms with Gasteiger partial charge in [0.25, 0.3) is 29.6 Å². The maximum absolute atomic E-state index is 13.5. The molecule has 16 aromatic rings. The molecular formula is C103H104F2N28O5. The van der Waals surface area contributed by atoms with Crippen LogP contribution in [0.4, 0.5) is 71.9 Å². The average Bonchev–Trinajstić information content (AvgIpc) is 1.64. The number of morpholine rings is 1. The lowest BCUT2D eigenvalue weighted by Crippen LogP contribution is -2.38. The Balaban J connectivity index is 0.000000110. The molecule has 138 heavy (non-hydrogen) atoms. The van der Waals surface area contributed by atoms with Crippen LogP contribution in [-0.4, -0.2) is 233 Å². The molecule has 8 fully saturated rings. The van der Waals surface area contributed by atoms with Crippen LogP contribution in [0.5, 0.6) is 0 Å². The zero-order valence-corrected chi connectivity index (χ0v) is 76.2. The van der Waals surface area contributed by atoms with E-state index in [2.05, 4.69) is 154 Å². The number of nitrogens with zero attached hydrogens (tertiary/aromatic N) is 20. The standard InChI is InChI=1S/C27H27F2N7O.C26H27N7O.C25H25N7O2.C25H25N7O/c28-27(29)6-10-35(11-7-27)17-18-12-20(15-30-14-18)19-2-4-23-22(13-19)25(34-33-23)26(37)32-21-3-5-24(31-16-21)36-8-1-9-36;34-26(29-20-6-8-24(28-16-20)33-11-4-12-33)25-22-14-18(5-7-23(22)30-31-25)19-13-21(17-27-15-19)32-9-2-1-3-10-32;33-25(28-19-3-5-23(27-15-19)32-6-1-7-32)24-21-13-17(2-4-22(21)29-30-24)18-12-20(16-26-14-18)31-8-10-34-11-9-31;33-25(28-19-5-7-23(27-15-19)32-10-3-11-32)24-21-13-17(4-6-22(21)29-30-24)18-12-20(16-26-14-18)31-8-1-2-9-31/h2-5,12-16H,1,6-11,17H2,(H,32,37)(H,33,34);5-8,13-17H,1-4,9-12H2,(H,29,34)(H,30,31);2-5,12-16H,1,6-11H2,(H,28,33)(H,29,30);4-7,12-16H,1-3,8-11H2,(H,28,33)(H,29,30). The third-order valence-corrected chi connectivity index (χ3v) is 26.7. The summed E-state index contributed by atoms with van der Waals surface area (Å²) < 4.78 is 32.5. The van der Waals surface area contributed by atoms with E-state index >= 15 is 0 Å². The van der Waals surface area contributed by atoms with E-state index < -0.39 is 5.92 Å².